The summed E-state index contributed by atoms with van der Waals surface area (Å²) in [6, 6.07) is 15.1. The van der Waals surface area contributed by atoms with E-state index in [0.29, 0.717) is 10.7 Å². The summed E-state index contributed by atoms with van der Waals surface area (Å²) in [5.41, 5.74) is 2.26. The van der Waals surface area contributed by atoms with E-state index < -0.39 is 11.9 Å². The predicted molar refractivity (Wildman–Crippen MR) is 111 cm³/mol. The molecule has 5 nitrogen and oxygen atoms in total. The molecule has 7 heteroatoms. The topological polar surface area (TPSA) is 56.2 Å². The molecule has 1 heterocycles. The zero-order valence-electron chi connectivity index (χ0n) is 16.1. The molecule has 29 heavy (non-hydrogen) atoms. The number of para-hydroxylation sites is 1. The highest BCUT2D eigenvalue weighted by Gasteiger charge is 2.16. The maximum absolute atomic E-state index is 13.8. The molecule has 1 unspecified atom stereocenters. The number of benzene rings is 2. The molecule has 0 aliphatic heterocycles. The fourth-order valence-corrected chi connectivity index (χ4v) is 3.09. The Hall–Kier alpha value is -3.12. The van der Waals surface area contributed by atoms with Crippen molar-refractivity contribution in [3.05, 3.63) is 88.5 Å². The molecule has 0 fully saturated rings. The Balaban J connectivity index is 1.73. The molecule has 0 saturated heterocycles. The van der Waals surface area contributed by atoms with Gasteiger partial charge in [-0.1, -0.05) is 54.1 Å². The van der Waals surface area contributed by atoms with E-state index in [1.807, 2.05) is 37.3 Å². The summed E-state index contributed by atoms with van der Waals surface area (Å²) in [6.45, 7) is 1.90. The van der Waals surface area contributed by atoms with Crippen molar-refractivity contribution >= 4 is 23.6 Å². The van der Waals surface area contributed by atoms with Crippen LogP contribution in [0.5, 0.6) is 5.75 Å². The monoisotopic (exact) mass is 413 g/mol. The van der Waals surface area contributed by atoms with Gasteiger partial charge in [0.25, 0.3) is 0 Å². The van der Waals surface area contributed by atoms with Crippen LogP contribution >= 0.6 is 11.6 Å². The molecule has 2 aromatic carbocycles. The lowest BCUT2D eigenvalue weighted by Crippen LogP contribution is -2.31. The van der Waals surface area contributed by atoms with Gasteiger partial charge < -0.3 is 10.1 Å². The Bertz CT molecular complexity index is 1020. The number of hydrogen-bond acceptors (Lipinski definition) is 3. The summed E-state index contributed by atoms with van der Waals surface area (Å²) >= 11 is 6.19. The van der Waals surface area contributed by atoms with Crippen molar-refractivity contribution in [3.8, 4) is 5.75 Å². The van der Waals surface area contributed by atoms with E-state index in [0.717, 1.165) is 11.3 Å². The lowest BCUT2D eigenvalue weighted by Gasteiger charge is -2.19. The molecule has 0 bridgehead atoms. The van der Waals surface area contributed by atoms with Crippen LogP contribution in [0.1, 0.15) is 22.9 Å². The molecule has 1 atom stereocenters. The molecule has 0 radical (unpaired) electrons. The summed E-state index contributed by atoms with van der Waals surface area (Å²) in [5.74, 6) is -0.640. The number of hydrogen-bond donors (Lipinski definition) is 1. The smallest absolute Gasteiger partial charge is 0.244 e. The van der Waals surface area contributed by atoms with Gasteiger partial charge in [-0.15, -0.1) is 0 Å². The standard InChI is InChI=1S/C22H21ClFN3O2/c1-15-17(22(23)27(2)26-15)12-13-21(28)25-19(16-8-4-3-5-9-16)14-29-20-11-7-6-10-18(20)24/h3-13,19H,14H2,1-2H3,(H,25,28). The van der Waals surface area contributed by atoms with Gasteiger partial charge >= 0.3 is 0 Å². The first-order valence-electron chi connectivity index (χ1n) is 9.05. The van der Waals surface area contributed by atoms with Crippen molar-refractivity contribution in [1.82, 2.24) is 15.1 Å². The van der Waals surface area contributed by atoms with Crippen molar-refractivity contribution in [2.75, 3.05) is 6.61 Å². The minimum Gasteiger partial charge on any atom is -0.488 e. The van der Waals surface area contributed by atoms with Crippen LogP contribution in [0.3, 0.4) is 0 Å². The Kier molecular flexibility index (Phi) is 6.67. The fourth-order valence-electron chi connectivity index (χ4n) is 2.86. The first-order valence-corrected chi connectivity index (χ1v) is 9.43. The minimum absolute atomic E-state index is 0.0806. The number of halogens is 2. The van der Waals surface area contributed by atoms with E-state index in [4.69, 9.17) is 16.3 Å². The highest BCUT2D eigenvalue weighted by atomic mass is 35.5. The Labute approximate surface area is 173 Å². The number of aromatic nitrogens is 2. The summed E-state index contributed by atoms with van der Waals surface area (Å²) in [5, 5.41) is 7.56. The summed E-state index contributed by atoms with van der Waals surface area (Å²) < 4.78 is 21.0. The number of amides is 1. The average Bonchev–Trinajstić information content (AvgIpc) is 2.96. The van der Waals surface area contributed by atoms with E-state index in [9.17, 15) is 9.18 Å². The molecule has 1 aromatic heterocycles. The number of nitrogens with zero attached hydrogens (tertiary/aromatic N) is 2. The third-order valence-corrected chi connectivity index (χ3v) is 4.81. The van der Waals surface area contributed by atoms with Gasteiger partial charge in [0.1, 0.15) is 11.8 Å². The number of rotatable bonds is 7. The van der Waals surface area contributed by atoms with E-state index in [-0.39, 0.29) is 18.3 Å². The van der Waals surface area contributed by atoms with Crippen molar-refractivity contribution in [2.45, 2.75) is 13.0 Å². The third-order valence-electron chi connectivity index (χ3n) is 4.36. The van der Waals surface area contributed by atoms with Crippen LogP contribution < -0.4 is 10.1 Å². The first kappa shape index (κ1) is 20.6. The van der Waals surface area contributed by atoms with Crippen molar-refractivity contribution in [3.63, 3.8) is 0 Å². The zero-order chi connectivity index (χ0) is 20.8. The van der Waals surface area contributed by atoms with Crippen molar-refractivity contribution < 1.29 is 13.9 Å². The molecule has 1 N–H and O–H groups in total. The second-order valence-corrected chi connectivity index (χ2v) is 6.82. The Morgan fingerprint density at radius 3 is 2.59 bits per heavy atom. The number of ether oxygens (including phenoxy) is 1. The van der Waals surface area contributed by atoms with Gasteiger partial charge in [-0.05, 0) is 30.7 Å². The molecule has 0 aliphatic carbocycles. The maximum Gasteiger partial charge on any atom is 0.244 e. The van der Waals surface area contributed by atoms with Gasteiger partial charge in [-0.2, -0.15) is 5.10 Å². The molecule has 150 valence electrons. The van der Waals surface area contributed by atoms with Crippen LogP contribution in [0.2, 0.25) is 5.15 Å². The molecule has 0 saturated carbocycles. The molecule has 1 amide bonds. The number of aryl methyl sites for hydroxylation is 2. The van der Waals surface area contributed by atoms with E-state index >= 15 is 0 Å². The van der Waals surface area contributed by atoms with Gasteiger partial charge in [-0.3, -0.25) is 9.48 Å². The predicted octanol–water partition coefficient (Wildman–Crippen LogP) is 4.47. The average molecular weight is 414 g/mol. The molecule has 0 aliphatic rings. The van der Waals surface area contributed by atoms with Crippen molar-refractivity contribution in [1.29, 1.82) is 0 Å². The van der Waals surface area contributed by atoms with Gasteiger partial charge in [0.05, 0.1) is 11.7 Å². The van der Waals surface area contributed by atoms with Crippen LogP contribution in [0, 0.1) is 12.7 Å². The number of carbonyl (C=O) groups excluding carboxylic acids is 1. The number of carbonyl (C=O) groups is 1. The van der Waals surface area contributed by atoms with Gasteiger partial charge in [0.2, 0.25) is 5.91 Å². The molecular formula is C22H21ClFN3O2. The second kappa shape index (κ2) is 9.39. The zero-order valence-corrected chi connectivity index (χ0v) is 16.9. The lowest BCUT2D eigenvalue weighted by molar-refractivity contribution is -0.117. The highest BCUT2D eigenvalue weighted by Crippen LogP contribution is 2.21. The van der Waals surface area contributed by atoms with Crippen LogP contribution in [0.25, 0.3) is 6.08 Å². The second-order valence-electron chi connectivity index (χ2n) is 6.46. The summed E-state index contributed by atoms with van der Waals surface area (Å²) in [6.07, 6.45) is 3.02. The molecular weight excluding hydrogens is 393 g/mol. The van der Waals surface area contributed by atoms with Crippen LogP contribution in [0.15, 0.2) is 60.7 Å². The largest absolute Gasteiger partial charge is 0.488 e. The quantitative estimate of drug-likeness (QED) is 0.581. The maximum atomic E-state index is 13.8. The first-order chi connectivity index (χ1) is 14.0. The molecule has 3 aromatic rings. The van der Waals surface area contributed by atoms with E-state index in [1.54, 1.807) is 36.0 Å². The van der Waals surface area contributed by atoms with Crippen LogP contribution in [-0.2, 0) is 11.8 Å². The normalized spacial score (nSPS) is 12.1. The van der Waals surface area contributed by atoms with Crippen LogP contribution in [-0.4, -0.2) is 22.3 Å². The summed E-state index contributed by atoms with van der Waals surface area (Å²) in [4.78, 5) is 12.5. The van der Waals surface area contributed by atoms with Crippen molar-refractivity contribution in [2.24, 2.45) is 7.05 Å². The highest BCUT2D eigenvalue weighted by molar-refractivity contribution is 6.31. The Morgan fingerprint density at radius 2 is 1.93 bits per heavy atom. The number of nitrogens with one attached hydrogen (secondary N) is 1. The summed E-state index contributed by atoms with van der Waals surface area (Å²) in [7, 11) is 1.73. The minimum atomic E-state index is -0.460. The molecule has 0 spiro atoms. The molecule has 3 rings (SSSR count). The Morgan fingerprint density at radius 1 is 1.24 bits per heavy atom. The SMILES string of the molecule is Cc1nn(C)c(Cl)c1C=CC(=O)NC(COc1ccccc1F)c1ccccc1. The van der Waals surface area contributed by atoms with Crippen LogP contribution in [0.4, 0.5) is 4.39 Å². The van der Waals surface area contributed by atoms with Gasteiger partial charge in [0, 0.05) is 18.7 Å². The third kappa shape index (κ3) is 5.23. The van der Waals surface area contributed by atoms with E-state index in [1.165, 1.54) is 12.1 Å². The lowest BCUT2D eigenvalue weighted by atomic mass is 10.1. The van der Waals surface area contributed by atoms with Gasteiger partial charge in [0.15, 0.2) is 11.6 Å². The fraction of sp³-hybridized carbons (Fsp3) is 0.182. The van der Waals surface area contributed by atoms with E-state index in [2.05, 4.69) is 10.4 Å². The van der Waals surface area contributed by atoms with Gasteiger partial charge in [-0.25, -0.2) is 4.39 Å².